The number of hydrogen-bond donors (Lipinski definition) is 1. The van der Waals surface area contributed by atoms with Crippen molar-refractivity contribution < 1.29 is 9.47 Å². The Bertz CT molecular complexity index is 360. The van der Waals surface area contributed by atoms with Gasteiger partial charge in [-0.05, 0) is 30.0 Å². The summed E-state index contributed by atoms with van der Waals surface area (Å²) in [6.07, 6.45) is 1.14. The van der Waals surface area contributed by atoms with Gasteiger partial charge in [-0.1, -0.05) is 39.8 Å². The van der Waals surface area contributed by atoms with Crippen molar-refractivity contribution >= 4 is 0 Å². The molecule has 1 atom stereocenters. The van der Waals surface area contributed by atoms with Gasteiger partial charge in [0, 0.05) is 19.7 Å². The summed E-state index contributed by atoms with van der Waals surface area (Å²) in [6, 6.07) is 8.81. The first kappa shape index (κ1) is 17.0. The lowest BCUT2D eigenvalue weighted by molar-refractivity contribution is 0.146. The van der Waals surface area contributed by atoms with Crippen molar-refractivity contribution in [3.63, 3.8) is 0 Å². The standard InChI is InChI=1S/C17H29NO2/c1-13(2)17(12-18-14(3)4)20-16-8-6-15(7-9-16)10-11-19-5/h6-9,13-14,17-18H,10-12H2,1-5H3. The lowest BCUT2D eigenvalue weighted by atomic mass is 10.1. The molecular weight excluding hydrogens is 250 g/mol. The zero-order chi connectivity index (χ0) is 15.0. The van der Waals surface area contributed by atoms with Gasteiger partial charge in [0.25, 0.3) is 0 Å². The Morgan fingerprint density at radius 2 is 1.70 bits per heavy atom. The van der Waals surface area contributed by atoms with Crippen LogP contribution in [0.2, 0.25) is 0 Å². The topological polar surface area (TPSA) is 30.5 Å². The van der Waals surface area contributed by atoms with Crippen molar-refractivity contribution in [2.45, 2.75) is 46.3 Å². The SMILES string of the molecule is COCCc1ccc(OC(CNC(C)C)C(C)C)cc1. The Kier molecular flexibility index (Phi) is 7.63. The Hall–Kier alpha value is -1.06. The van der Waals surface area contributed by atoms with Crippen LogP contribution in [0.5, 0.6) is 5.75 Å². The van der Waals surface area contributed by atoms with Gasteiger partial charge in [-0.25, -0.2) is 0 Å². The molecule has 0 radical (unpaired) electrons. The van der Waals surface area contributed by atoms with E-state index in [4.69, 9.17) is 9.47 Å². The van der Waals surface area contributed by atoms with Gasteiger partial charge in [0.2, 0.25) is 0 Å². The third-order valence-corrected chi connectivity index (χ3v) is 3.28. The first-order valence-corrected chi connectivity index (χ1v) is 7.50. The van der Waals surface area contributed by atoms with Crippen molar-refractivity contribution in [2.24, 2.45) is 5.92 Å². The molecule has 20 heavy (non-hydrogen) atoms. The summed E-state index contributed by atoms with van der Waals surface area (Å²) in [5, 5.41) is 3.44. The third kappa shape index (κ3) is 6.40. The maximum absolute atomic E-state index is 6.09. The Morgan fingerprint density at radius 1 is 1.05 bits per heavy atom. The van der Waals surface area contributed by atoms with Gasteiger partial charge in [-0.3, -0.25) is 0 Å². The summed E-state index contributed by atoms with van der Waals surface area (Å²) < 4.78 is 11.2. The van der Waals surface area contributed by atoms with E-state index in [0.29, 0.717) is 12.0 Å². The summed E-state index contributed by atoms with van der Waals surface area (Å²) in [5.41, 5.74) is 1.28. The summed E-state index contributed by atoms with van der Waals surface area (Å²) in [7, 11) is 1.73. The van der Waals surface area contributed by atoms with Gasteiger partial charge in [0.05, 0.1) is 6.61 Å². The quantitative estimate of drug-likeness (QED) is 0.752. The highest BCUT2D eigenvalue weighted by Gasteiger charge is 2.15. The molecule has 1 aromatic rings. The average molecular weight is 279 g/mol. The van der Waals surface area contributed by atoms with Crippen LogP contribution in [0.15, 0.2) is 24.3 Å². The van der Waals surface area contributed by atoms with Gasteiger partial charge in [-0.2, -0.15) is 0 Å². The second-order valence-electron chi connectivity index (χ2n) is 5.85. The lowest BCUT2D eigenvalue weighted by Gasteiger charge is -2.24. The number of methoxy groups -OCH3 is 1. The molecule has 1 N–H and O–H groups in total. The monoisotopic (exact) mass is 279 g/mol. The van der Waals surface area contributed by atoms with Crippen molar-refractivity contribution in [1.82, 2.24) is 5.32 Å². The fourth-order valence-electron chi connectivity index (χ4n) is 1.89. The number of hydrogen-bond acceptors (Lipinski definition) is 3. The summed E-state index contributed by atoms with van der Waals surface area (Å²) in [5.74, 6) is 1.42. The van der Waals surface area contributed by atoms with Crippen LogP contribution >= 0.6 is 0 Å². The lowest BCUT2D eigenvalue weighted by Crippen LogP contribution is -2.38. The van der Waals surface area contributed by atoms with E-state index in [-0.39, 0.29) is 6.10 Å². The first-order valence-electron chi connectivity index (χ1n) is 7.50. The molecule has 0 aliphatic heterocycles. The molecule has 3 heteroatoms. The van der Waals surface area contributed by atoms with Gasteiger partial charge >= 0.3 is 0 Å². The van der Waals surface area contributed by atoms with E-state index in [1.165, 1.54) is 5.56 Å². The highest BCUT2D eigenvalue weighted by atomic mass is 16.5. The van der Waals surface area contributed by atoms with Crippen molar-refractivity contribution in [3.05, 3.63) is 29.8 Å². The molecule has 0 saturated heterocycles. The fourth-order valence-corrected chi connectivity index (χ4v) is 1.89. The summed E-state index contributed by atoms with van der Waals surface area (Å²) >= 11 is 0. The second-order valence-corrected chi connectivity index (χ2v) is 5.85. The molecule has 0 heterocycles. The Morgan fingerprint density at radius 3 is 2.20 bits per heavy atom. The molecule has 1 aromatic carbocycles. The third-order valence-electron chi connectivity index (χ3n) is 3.28. The molecule has 1 rings (SSSR count). The minimum absolute atomic E-state index is 0.197. The highest BCUT2D eigenvalue weighted by molar-refractivity contribution is 5.27. The van der Waals surface area contributed by atoms with E-state index in [1.807, 2.05) is 0 Å². The largest absolute Gasteiger partial charge is 0.489 e. The van der Waals surface area contributed by atoms with E-state index >= 15 is 0 Å². The molecular formula is C17H29NO2. The molecule has 0 spiro atoms. The van der Waals surface area contributed by atoms with E-state index in [0.717, 1.165) is 25.3 Å². The van der Waals surface area contributed by atoms with Crippen molar-refractivity contribution in [2.75, 3.05) is 20.3 Å². The van der Waals surface area contributed by atoms with Gasteiger partial charge in [-0.15, -0.1) is 0 Å². The molecule has 0 bridgehead atoms. The van der Waals surface area contributed by atoms with Gasteiger partial charge in [0.1, 0.15) is 11.9 Å². The van der Waals surface area contributed by atoms with E-state index in [2.05, 4.69) is 57.3 Å². The van der Waals surface area contributed by atoms with Gasteiger partial charge in [0.15, 0.2) is 0 Å². The predicted octanol–water partition coefficient (Wildman–Crippen LogP) is 3.28. The number of nitrogens with one attached hydrogen (secondary N) is 1. The van der Waals surface area contributed by atoms with Crippen LogP contribution in [-0.2, 0) is 11.2 Å². The zero-order valence-electron chi connectivity index (χ0n) is 13.5. The zero-order valence-corrected chi connectivity index (χ0v) is 13.5. The molecule has 0 fully saturated rings. The second kappa shape index (κ2) is 8.98. The molecule has 0 aliphatic carbocycles. The minimum Gasteiger partial charge on any atom is -0.489 e. The van der Waals surface area contributed by atoms with E-state index in [1.54, 1.807) is 7.11 Å². The molecule has 0 aliphatic rings. The normalized spacial score (nSPS) is 12.9. The molecule has 0 amide bonds. The molecule has 114 valence electrons. The Labute approximate surface area is 123 Å². The van der Waals surface area contributed by atoms with E-state index in [9.17, 15) is 0 Å². The number of rotatable bonds is 9. The summed E-state index contributed by atoms with van der Waals surface area (Å²) in [4.78, 5) is 0. The average Bonchev–Trinajstić information content (AvgIpc) is 2.42. The van der Waals surface area contributed by atoms with Crippen molar-refractivity contribution in [3.8, 4) is 5.75 Å². The molecule has 3 nitrogen and oxygen atoms in total. The van der Waals surface area contributed by atoms with Crippen LogP contribution in [-0.4, -0.2) is 32.4 Å². The van der Waals surface area contributed by atoms with Crippen LogP contribution < -0.4 is 10.1 Å². The predicted molar refractivity (Wildman–Crippen MR) is 84.4 cm³/mol. The van der Waals surface area contributed by atoms with Crippen LogP contribution in [0.1, 0.15) is 33.3 Å². The van der Waals surface area contributed by atoms with Crippen LogP contribution in [0.3, 0.4) is 0 Å². The minimum atomic E-state index is 0.197. The van der Waals surface area contributed by atoms with Crippen molar-refractivity contribution in [1.29, 1.82) is 0 Å². The smallest absolute Gasteiger partial charge is 0.119 e. The number of ether oxygens (including phenoxy) is 2. The maximum Gasteiger partial charge on any atom is 0.119 e. The first-order chi connectivity index (χ1) is 9.52. The molecule has 0 saturated carbocycles. The van der Waals surface area contributed by atoms with Crippen LogP contribution in [0.4, 0.5) is 0 Å². The Balaban J connectivity index is 2.55. The highest BCUT2D eigenvalue weighted by Crippen LogP contribution is 2.17. The molecule has 1 unspecified atom stereocenters. The fraction of sp³-hybridized carbons (Fsp3) is 0.647. The number of benzene rings is 1. The van der Waals surface area contributed by atoms with Crippen LogP contribution in [0, 0.1) is 5.92 Å². The van der Waals surface area contributed by atoms with E-state index < -0.39 is 0 Å². The summed E-state index contributed by atoms with van der Waals surface area (Å²) in [6.45, 7) is 10.3. The molecule has 0 aromatic heterocycles. The van der Waals surface area contributed by atoms with Gasteiger partial charge < -0.3 is 14.8 Å². The maximum atomic E-state index is 6.09. The van der Waals surface area contributed by atoms with Crippen LogP contribution in [0.25, 0.3) is 0 Å².